The van der Waals surface area contributed by atoms with Gasteiger partial charge in [0.15, 0.2) is 0 Å². The first-order valence-electron chi connectivity index (χ1n) is 5.63. The third-order valence-electron chi connectivity index (χ3n) is 2.73. The standard InChI is InChI=1S/C16H12N2/c1-12-3-4-14(7-13(12)2)5-6-15-8-16(9-17)11-18-10-15/h3-4,7-8,10-11H,1-2H3. The van der Waals surface area contributed by atoms with Crippen LogP contribution in [-0.4, -0.2) is 4.98 Å². The molecule has 1 heterocycles. The molecular formula is C16H12N2. The summed E-state index contributed by atoms with van der Waals surface area (Å²) in [5.74, 6) is 6.10. The fourth-order valence-electron chi connectivity index (χ4n) is 1.53. The minimum absolute atomic E-state index is 0.530. The van der Waals surface area contributed by atoms with Gasteiger partial charge in [-0.1, -0.05) is 17.9 Å². The first-order valence-corrected chi connectivity index (χ1v) is 5.63. The monoisotopic (exact) mass is 232 g/mol. The molecule has 0 amide bonds. The number of hydrogen-bond acceptors (Lipinski definition) is 2. The van der Waals surface area contributed by atoms with Gasteiger partial charge in [-0.3, -0.25) is 4.98 Å². The highest BCUT2D eigenvalue weighted by Crippen LogP contribution is 2.09. The Hall–Kier alpha value is -2.58. The zero-order valence-electron chi connectivity index (χ0n) is 10.4. The molecule has 0 aliphatic heterocycles. The molecule has 18 heavy (non-hydrogen) atoms. The summed E-state index contributed by atoms with van der Waals surface area (Å²) >= 11 is 0. The van der Waals surface area contributed by atoms with Gasteiger partial charge >= 0.3 is 0 Å². The van der Waals surface area contributed by atoms with Crippen LogP contribution in [0.5, 0.6) is 0 Å². The highest BCUT2D eigenvalue weighted by atomic mass is 14.6. The number of pyridine rings is 1. The number of aryl methyl sites for hydroxylation is 2. The van der Waals surface area contributed by atoms with Crippen molar-refractivity contribution in [3.63, 3.8) is 0 Å². The molecule has 2 aromatic rings. The zero-order valence-corrected chi connectivity index (χ0v) is 10.4. The van der Waals surface area contributed by atoms with Gasteiger partial charge in [0.25, 0.3) is 0 Å². The smallest absolute Gasteiger partial charge is 0.101 e. The van der Waals surface area contributed by atoms with E-state index >= 15 is 0 Å². The molecule has 86 valence electrons. The van der Waals surface area contributed by atoms with Crippen molar-refractivity contribution in [1.29, 1.82) is 5.26 Å². The van der Waals surface area contributed by atoms with Gasteiger partial charge in [-0.2, -0.15) is 5.26 Å². The maximum Gasteiger partial charge on any atom is 0.101 e. The lowest BCUT2D eigenvalue weighted by molar-refractivity contribution is 1.29. The van der Waals surface area contributed by atoms with E-state index in [1.54, 1.807) is 12.3 Å². The van der Waals surface area contributed by atoms with Crippen molar-refractivity contribution in [2.75, 3.05) is 0 Å². The summed E-state index contributed by atoms with van der Waals surface area (Å²) in [7, 11) is 0. The van der Waals surface area contributed by atoms with Crippen molar-refractivity contribution in [2.24, 2.45) is 0 Å². The summed E-state index contributed by atoms with van der Waals surface area (Å²) < 4.78 is 0. The van der Waals surface area contributed by atoms with Gasteiger partial charge < -0.3 is 0 Å². The molecule has 0 bridgehead atoms. The minimum Gasteiger partial charge on any atom is -0.262 e. The summed E-state index contributed by atoms with van der Waals surface area (Å²) in [5, 5.41) is 8.78. The fourth-order valence-corrected chi connectivity index (χ4v) is 1.53. The number of nitrogens with zero attached hydrogens (tertiary/aromatic N) is 2. The summed E-state index contributed by atoms with van der Waals surface area (Å²) in [5.41, 5.74) is 4.74. The number of nitriles is 1. The Bertz CT molecular complexity index is 682. The molecule has 2 nitrogen and oxygen atoms in total. The van der Waals surface area contributed by atoms with Gasteiger partial charge in [-0.05, 0) is 43.2 Å². The molecule has 0 N–H and O–H groups in total. The number of hydrogen-bond donors (Lipinski definition) is 0. The van der Waals surface area contributed by atoms with Gasteiger partial charge in [0.05, 0.1) is 5.56 Å². The molecule has 0 atom stereocenters. The Morgan fingerprint density at radius 1 is 0.889 bits per heavy atom. The first kappa shape index (κ1) is 11.9. The van der Waals surface area contributed by atoms with Gasteiger partial charge in [0.2, 0.25) is 0 Å². The SMILES string of the molecule is Cc1ccc(C#Cc2cncc(C#N)c2)cc1C. The zero-order chi connectivity index (χ0) is 13.0. The van der Waals surface area contributed by atoms with Crippen LogP contribution in [0, 0.1) is 37.0 Å². The maximum absolute atomic E-state index is 8.78. The number of benzene rings is 1. The average Bonchev–Trinajstić information content (AvgIpc) is 2.40. The molecule has 0 radical (unpaired) electrons. The number of aromatic nitrogens is 1. The third kappa shape index (κ3) is 2.75. The van der Waals surface area contributed by atoms with E-state index in [1.807, 2.05) is 6.07 Å². The normalized spacial score (nSPS) is 9.17. The number of rotatable bonds is 0. The molecule has 0 saturated carbocycles. The van der Waals surface area contributed by atoms with Gasteiger partial charge in [-0.15, -0.1) is 0 Å². The summed E-state index contributed by atoms with van der Waals surface area (Å²) in [6, 6.07) is 9.90. The Balaban J connectivity index is 2.31. The molecule has 0 fully saturated rings. The molecule has 1 aromatic carbocycles. The van der Waals surface area contributed by atoms with Gasteiger partial charge in [0.1, 0.15) is 6.07 Å². The van der Waals surface area contributed by atoms with Crippen molar-refractivity contribution >= 4 is 0 Å². The Morgan fingerprint density at radius 2 is 1.61 bits per heavy atom. The predicted molar refractivity (Wildman–Crippen MR) is 70.8 cm³/mol. The van der Waals surface area contributed by atoms with Crippen LogP contribution in [0.2, 0.25) is 0 Å². The lowest BCUT2D eigenvalue weighted by atomic mass is 10.1. The quantitative estimate of drug-likeness (QED) is 0.655. The van der Waals surface area contributed by atoms with E-state index in [2.05, 4.69) is 48.9 Å². The molecule has 0 aliphatic carbocycles. The largest absolute Gasteiger partial charge is 0.262 e. The molecular weight excluding hydrogens is 220 g/mol. The molecule has 0 spiro atoms. The van der Waals surface area contributed by atoms with Crippen molar-refractivity contribution < 1.29 is 0 Å². The Labute approximate surface area is 107 Å². The molecule has 0 unspecified atom stereocenters. The van der Waals surface area contributed by atoms with Crippen LogP contribution in [0.1, 0.15) is 27.8 Å². The second-order valence-electron chi connectivity index (χ2n) is 4.12. The fraction of sp³-hybridized carbons (Fsp3) is 0.125. The molecule has 2 heteroatoms. The molecule has 2 rings (SSSR count). The van der Waals surface area contributed by atoms with Crippen molar-refractivity contribution in [1.82, 2.24) is 4.98 Å². The van der Waals surface area contributed by atoms with Gasteiger partial charge in [0, 0.05) is 23.5 Å². The Kier molecular flexibility index (Phi) is 3.41. The van der Waals surface area contributed by atoms with Crippen LogP contribution in [0.4, 0.5) is 0 Å². The van der Waals surface area contributed by atoms with E-state index in [0.29, 0.717) is 5.56 Å². The second kappa shape index (κ2) is 5.17. The van der Waals surface area contributed by atoms with E-state index in [1.165, 1.54) is 17.3 Å². The van der Waals surface area contributed by atoms with Gasteiger partial charge in [-0.25, -0.2) is 0 Å². The summed E-state index contributed by atoms with van der Waals surface area (Å²) in [4.78, 5) is 3.97. The lowest BCUT2D eigenvalue weighted by Gasteiger charge is -1.98. The second-order valence-corrected chi connectivity index (χ2v) is 4.12. The van der Waals surface area contributed by atoms with Crippen LogP contribution in [0.15, 0.2) is 36.7 Å². The molecule has 0 aliphatic rings. The highest BCUT2D eigenvalue weighted by Gasteiger charge is 1.94. The molecule has 0 saturated heterocycles. The summed E-state index contributed by atoms with van der Waals surface area (Å²) in [6.45, 7) is 4.14. The molecule has 1 aromatic heterocycles. The van der Waals surface area contributed by atoms with Crippen LogP contribution in [0.3, 0.4) is 0 Å². The predicted octanol–water partition coefficient (Wildman–Crippen LogP) is 2.97. The van der Waals surface area contributed by atoms with Crippen LogP contribution in [0.25, 0.3) is 0 Å². The third-order valence-corrected chi connectivity index (χ3v) is 2.73. The van der Waals surface area contributed by atoms with Crippen molar-refractivity contribution in [3.05, 3.63) is 64.5 Å². The maximum atomic E-state index is 8.78. The minimum atomic E-state index is 0.530. The van der Waals surface area contributed by atoms with Crippen molar-refractivity contribution in [2.45, 2.75) is 13.8 Å². The van der Waals surface area contributed by atoms with Crippen molar-refractivity contribution in [3.8, 4) is 17.9 Å². The van der Waals surface area contributed by atoms with E-state index in [-0.39, 0.29) is 0 Å². The Morgan fingerprint density at radius 3 is 2.33 bits per heavy atom. The lowest BCUT2D eigenvalue weighted by Crippen LogP contribution is -1.84. The van der Waals surface area contributed by atoms with E-state index in [0.717, 1.165) is 11.1 Å². The first-order chi connectivity index (χ1) is 8.69. The van der Waals surface area contributed by atoms with E-state index in [9.17, 15) is 0 Å². The van der Waals surface area contributed by atoms with E-state index < -0.39 is 0 Å². The topological polar surface area (TPSA) is 36.7 Å². The van der Waals surface area contributed by atoms with Crippen LogP contribution < -0.4 is 0 Å². The highest BCUT2D eigenvalue weighted by molar-refractivity contribution is 5.46. The summed E-state index contributed by atoms with van der Waals surface area (Å²) in [6.07, 6.45) is 3.19. The van der Waals surface area contributed by atoms with Crippen LogP contribution >= 0.6 is 0 Å². The average molecular weight is 232 g/mol. The van der Waals surface area contributed by atoms with Crippen LogP contribution in [-0.2, 0) is 0 Å². The van der Waals surface area contributed by atoms with E-state index in [4.69, 9.17) is 5.26 Å².